The maximum absolute atomic E-state index is 12.1. The maximum Gasteiger partial charge on any atom is 0.203 e. The van der Waals surface area contributed by atoms with Gasteiger partial charge in [0.05, 0.1) is 71.9 Å². The molecule has 0 bridgehead atoms. The molecule has 0 spiro atoms. The molecule has 0 unspecified atom stereocenters. The number of rotatable bonds is 37. The molecule has 4 saturated carbocycles. The van der Waals surface area contributed by atoms with E-state index in [1.807, 2.05) is 23.6 Å². The molecule has 0 radical (unpaired) electrons. The molecule has 1 aromatic heterocycles. The van der Waals surface area contributed by atoms with Gasteiger partial charge in [0.1, 0.15) is 11.4 Å². The highest BCUT2D eigenvalue weighted by Gasteiger charge is 2.32. The van der Waals surface area contributed by atoms with E-state index in [1.54, 1.807) is 76.7 Å². The van der Waals surface area contributed by atoms with E-state index in [2.05, 4.69) is 102 Å². The summed E-state index contributed by atoms with van der Waals surface area (Å²) in [4.78, 5) is 2.13. The number of benzene rings is 4. The second-order valence-corrected chi connectivity index (χ2v) is 44.1. The summed E-state index contributed by atoms with van der Waals surface area (Å²) in [6.45, 7) is 17.3. The number of ether oxygens (including phenoxy) is 4. The minimum absolute atomic E-state index is 0.232. The summed E-state index contributed by atoms with van der Waals surface area (Å²) < 4.78 is 123. The Bertz CT molecular complexity index is 3730. The molecule has 4 aliphatic carbocycles. The van der Waals surface area contributed by atoms with E-state index < -0.39 is 39.3 Å². The lowest BCUT2D eigenvalue weighted by molar-refractivity contribution is 0.274. The Morgan fingerprint density at radius 2 is 0.766 bits per heavy atom. The average molecular weight is 1580 g/mol. The third kappa shape index (κ3) is 32.5. The molecule has 4 aliphatic rings. The van der Waals surface area contributed by atoms with Gasteiger partial charge in [0.2, 0.25) is 5.75 Å². The number of methoxy groups -OCH3 is 3. The van der Waals surface area contributed by atoms with Crippen molar-refractivity contribution in [2.24, 2.45) is 47.3 Å². The second-order valence-electron chi connectivity index (χ2n) is 33.1. The summed E-state index contributed by atoms with van der Waals surface area (Å²) in [5.41, 5.74) is 8.66. The van der Waals surface area contributed by atoms with Crippen molar-refractivity contribution in [3.05, 3.63) is 113 Å². The lowest BCUT2D eigenvalue weighted by Crippen LogP contribution is -2.26. The highest BCUT2D eigenvalue weighted by molar-refractivity contribution is 7.92. The molecular weight excluding hydrogens is 1440 g/mol. The normalized spacial score (nSPS) is 20.8. The number of anilines is 1. The predicted molar refractivity (Wildman–Crippen MR) is 448 cm³/mol. The van der Waals surface area contributed by atoms with Crippen molar-refractivity contribution in [1.82, 2.24) is 9.59 Å². The van der Waals surface area contributed by atoms with Crippen LogP contribution in [0.5, 0.6) is 23.0 Å². The molecule has 0 atom stereocenters. The zero-order chi connectivity index (χ0) is 78.2. The molecule has 20 heteroatoms. The molecule has 1 heterocycles. The predicted octanol–water partition coefficient (Wildman–Crippen LogP) is 20.3. The highest BCUT2D eigenvalue weighted by Crippen LogP contribution is 2.41. The van der Waals surface area contributed by atoms with Gasteiger partial charge in [-0.2, -0.15) is 0 Å². The largest absolute Gasteiger partial charge is 0.494 e. The van der Waals surface area contributed by atoms with Crippen molar-refractivity contribution >= 4 is 56.6 Å². The van der Waals surface area contributed by atoms with E-state index in [0.717, 1.165) is 151 Å². The zero-order valence-electron chi connectivity index (χ0n) is 68.1. The van der Waals surface area contributed by atoms with Gasteiger partial charge in [-0.1, -0.05) is 143 Å². The van der Waals surface area contributed by atoms with Crippen LogP contribution in [0.4, 0.5) is 5.69 Å². The summed E-state index contributed by atoms with van der Waals surface area (Å²) in [6, 6.07) is 30.1. The lowest BCUT2D eigenvalue weighted by Gasteiger charge is -2.28. The first-order valence-corrected chi connectivity index (χ1v) is 48.6. The number of nitrogens with zero attached hydrogens (tertiary/aromatic N) is 3. The van der Waals surface area contributed by atoms with Crippen LogP contribution in [-0.2, 0) is 65.0 Å². The summed E-state index contributed by atoms with van der Waals surface area (Å²) in [5, 5.41) is 5.10. The van der Waals surface area contributed by atoms with Gasteiger partial charge in [0, 0.05) is 30.7 Å². The van der Waals surface area contributed by atoms with Crippen molar-refractivity contribution in [2.75, 3.05) is 69.9 Å². The molecule has 0 aliphatic heterocycles. The standard InChI is InChI=1S/C23H38O3S.C22H36O5S.C21H30N2O2S2.C21H35NO2S/c1-4-5-16-26-23-11-7-10-21(17-23)9-6-8-20-12-14-22(15-13-20)18-27(24,25)19(2)3;1-16(2)28(23,24)15-18-11-9-17(10-12-18)7-6-8-19-13-20(25-3)22(27-5)21(14-19)26-4;1-16(2)27(24,25)15-19-8-6-17(7-9-19)4-3-5-18-10-12-20(13-11-18)21-14-26-23-22-21;1-17(2)25(23,24)16-20-10-8-18(9-11-20)6-5-7-19-12-14-21(15-13-19)22(3)4/h7,10-11,17,19-20,22H,4-6,8-9,12-16,18H2,1-3H3;13-14,16-18H,6-12,15H2,1-5H3;10-14,16-17,19H,3-9,15H2,1-2H3;12-15,17-18,20H,5-11,16H2,1-4H3. The van der Waals surface area contributed by atoms with E-state index >= 15 is 0 Å². The Morgan fingerprint density at radius 3 is 1.08 bits per heavy atom. The van der Waals surface area contributed by atoms with Gasteiger partial charge in [-0.15, -0.1) is 5.10 Å². The Labute approximate surface area is 654 Å². The fourth-order valence-electron chi connectivity index (χ4n) is 15.7. The van der Waals surface area contributed by atoms with Gasteiger partial charge in [-0.3, -0.25) is 0 Å². The minimum Gasteiger partial charge on any atom is -0.494 e. The number of aromatic nitrogens is 2. The topological polar surface area (TPSA) is 202 Å². The average Bonchev–Trinajstić information content (AvgIpc) is 1.20. The Balaban J connectivity index is 0.000000223. The Hall–Kier alpha value is -4.76. The summed E-state index contributed by atoms with van der Waals surface area (Å²) >= 11 is 1.38. The lowest BCUT2D eigenvalue weighted by atomic mass is 9.80. The van der Waals surface area contributed by atoms with Gasteiger partial charge in [-0.05, 0) is 282 Å². The zero-order valence-corrected chi connectivity index (χ0v) is 72.2. The molecule has 4 fully saturated rings. The molecule has 0 N–H and O–H groups in total. The van der Waals surface area contributed by atoms with E-state index in [9.17, 15) is 33.7 Å². The number of sulfone groups is 4. The first-order chi connectivity index (χ1) is 50.9. The van der Waals surface area contributed by atoms with Gasteiger partial charge in [0.15, 0.2) is 50.8 Å². The van der Waals surface area contributed by atoms with Crippen molar-refractivity contribution in [3.8, 4) is 34.3 Å². The van der Waals surface area contributed by atoms with Gasteiger partial charge in [-0.25, -0.2) is 33.7 Å². The monoisotopic (exact) mass is 1580 g/mol. The molecule has 0 amide bonds. The molecule has 0 saturated heterocycles. The molecule has 9 rings (SSSR count). The van der Waals surface area contributed by atoms with Crippen LogP contribution in [0.15, 0.2) is 90.3 Å². The molecule has 15 nitrogen and oxygen atoms in total. The molecule has 4 aromatic carbocycles. The first-order valence-electron chi connectivity index (χ1n) is 40.9. The smallest absolute Gasteiger partial charge is 0.203 e. The third-order valence-electron chi connectivity index (χ3n) is 23.4. The molecular formula is C87H139N3O12S5. The summed E-state index contributed by atoms with van der Waals surface area (Å²) in [5.74, 6) is 9.09. The fraction of sp³-hybridized carbons (Fsp3) is 0.701. The van der Waals surface area contributed by atoms with Crippen LogP contribution >= 0.6 is 11.5 Å². The highest BCUT2D eigenvalue weighted by atomic mass is 32.2. The van der Waals surface area contributed by atoms with Crippen molar-refractivity contribution in [2.45, 2.75) is 276 Å². The maximum atomic E-state index is 12.1. The van der Waals surface area contributed by atoms with Crippen LogP contribution in [0.1, 0.15) is 252 Å². The van der Waals surface area contributed by atoms with Gasteiger partial charge < -0.3 is 23.8 Å². The minimum atomic E-state index is -2.92. The second kappa shape index (κ2) is 46.3. The van der Waals surface area contributed by atoms with Crippen LogP contribution in [0.3, 0.4) is 0 Å². The van der Waals surface area contributed by atoms with Crippen molar-refractivity contribution in [1.29, 1.82) is 0 Å². The molecule has 5 aromatic rings. The number of unbranched alkanes of at least 4 members (excludes halogenated alkanes) is 1. The third-order valence-corrected chi connectivity index (χ3v) is 33.4. The number of aryl methyl sites for hydroxylation is 4. The Kier molecular flexibility index (Phi) is 39.4. The molecule has 107 heavy (non-hydrogen) atoms. The van der Waals surface area contributed by atoms with Crippen LogP contribution < -0.4 is 23.8 Å². The van der Waals surface area contributed by atoms with Gasteiger partial charge in [0.25, 0.3) is 0 Å². The molecule has 604 valence electrons. The number of hydrogen-bond donors (Lipinski definition) is 0. The van der Waals surface area contributed by atoms with E-state index in [-0.39, 0.29) is 21.0 Å². The van der Waals surface area contributed by atoms with E-state index in [0.29, 0.717) is 69.8 Å². The van der Waals surface area contributed by atoms with Gasteiger partial charge >= 0.3 is 0 Å². The summed E-state index contributed by atoms with van der Waals surface area (Å²) in [7, 11) is -2.57. The van der Waals surface area contributed by atoms with Crippen LogP contribution in [0.25, 0.3) is 11.3 Å². The van der Waals surface area contributed by atoms with E-state index in [1.165, 1.54) is 123 Å². The summed E-state index contributed by atoms with van der Waals surface area (Å²) in [6.07, 6.45) is 34.4. The van der Waals surface area contributed by atoms with Crippen molar-refractivity contribution in [3.63, 3.8) is 0 Å². The van der Waals surface area contributed by atoms with Crippen LogP contribution in [0, 0.1) is 47.3 Å². The quantitative estimate of drug-likeness (QED) is 0.0339. The van der Waals surface area contributed by atoms with Crippen molar-refractivity contribution < 1.29 is 52.6 Å². The number of hydrogen-bond acceptors (Lipinski definition) is 16. The fourth-order valence-corrected chi connectivity index (χ4v) is 21.7. The first kappa shape index (κ1) is 91.1. The van der Waals surface area contributed by atoms with Crippen LogP contribution in [-0.4, -0.2) is 129 Å². The Morgan fingerprint density at radius 1 is 0.421 bits per heavy atom. The van der Waals surface area contributed by atoms with Crippen LogP contribution in [0.2, 0.25) is 0 Å². The SMILES string of the molecule is CC(C)S(=O)(=O)CC1CCC(CCCc2ccc(-c3csnn3)cc2)CC1.CC(C)S(=O)(=O)CC1CCC(CCCc2ccc(N(C)C)cc2)CC1.CCCCOc1cccc(CCCC2CCC(CS(=O)(=O)C(C)C)CC2)c1.COc1cc(CCCC2CCC(CS(=O)(=O)C(C)C)CC2)cc(OC)c1OC. The van der Waals surface area contributed by atoms with E-state index in [4.69, 9.17) is 18.9 Å².